The van der Waals surface area contributed by atoms with Crippen LogP contribution in [0.3, 0.4) is 0 Å². The Balaban J connectivity index is 1.78. The molecule has 4 nitrogen and oxygen atoms in total. The molecule has 2 rings (SSSR count). The van der Waals surface area contributed by atoms with E-state index in [0.717, 1.165) is 44.9 Å². The molecule has 0 radical (unpaired) electrons. The summed E-state index contributed by atoms with van der Waals surface area (Å²) in [4.78, 5) is 6.61. The van der Waals surface area contributed by atoms with Crippen molar-refractivity contribution >= 4 is 5.96 Å². The van der Waals surface area contributed by atoms with E-state index in [1.54, 1.807) is 0 Å². The van der Waals surface area contributed by atoms with Gasteiger partial charge in [0.2, 0.25) is 0 Å². The van der Waals surface area contributed by atoms with E-state index in [1.807, 2.05) is 7.05 Å². The van der Waals surface area contributed by atoms with E-state index in [-0.39, 0.29) is 6.10 Å². The topological polar surface area (TPSA) is 47.9 Å². The van der Waals surface area contributed by atoms with Crippen molar-refractivity contribution in [1.82, 2.24) is 10.2 Å². The molecule has 1 heterocycles. The Labute approximate surface area is 97.7 Å². The van der Waals surface area contributed by atoms with Crippen molar-refractivity contribution in [3.05, 3.63) is 0 Å². The summed E-state index contributed by atoms with van der Waals surface area (Å²) in [7, 11) is 1.84. The van der Waals surface area contributed by atoms with Crippen LogP contribution in [0.25, 0.3) is 0 Å². The smallest absolute Gasteiger partial charge is 0.193 e. The second-order valence-electron chi connectivity index (χ2n) is 4.88. The molecular weight excluding hydrogens is 202 g/mol. The van der Waals surface area contributed by atoms with Gasteiger partial charge in [-0.1, -0.05) is 6.42 Å². The molecule has 1 aliphatic heterocycles. The Morgan fingerprint density at radius 1 is 1.31 bits per heavy atom. The first-order valence-corrected chi connectivity index (χ1v) is 6.45. The number of nitrogens with one attached hydrogen (secondary N) is 1. The average molecular weight is 225 g/mol. The highest BCUT2D eigenvalue weighted by molar-refractivity contribution is 5.80. The molecule has 1 saturated carbocycles. The minimum absolute atomic E-state index is 0.107. The Kier molecular flexibility index (Phi) is 4.04. The molecule has 2 aliphatic rings. The maximum Gasteiger partial charge on any atom is 0.193 e. The lowest BCUT2D eigenvalue weighted by Crippen LogP contribution is -2.42. The van der Waals surface area contributed by atoms with Crippen molar-refractivity contribution in [3.8, 4) is 0 Å². The Morgan fingerprint density at radius 3 is 2.62 bits per heavy atom. The van der Waals surface area contributed by atoms with Crippen LogP contribution in [0.2, 0.25) is 0 Å². The normalized spacial score (nSPS) is 31.1. The summed E-state index contributed by atoms with van der Waals surface area (Å²) >= 11 is 0. The zero-order chi connectivity index (χ0) is 11.4. The minimum Gasteiger partial charge on any atom is -0.393 e. The fourth-order valence-corrected chi connectivity index (χ4v) is 2.74. The molecule has 0 aromatic carbocycles. The molecule has 2 unspecified atom stereocenters. The number of nitrogens with zero attached hydrogens (tertiary/aromatic N) is 2. The van der Waals surface area contributed by atoms with Crippen LogP contribution in [0.5, 0.6) is 0 Å². The molecule has 0 bridgehead atoms. The molecule has 2 fully saturated rings. The van der Waals surface area contributed by atoms with E-state index >= 15 is 0 Å². The van der Waals surface area contributed by atoms with Crippen LogP contribution in [0.1, 0.15) is 32.1 Å². The van der Waals surface area contributed by atoms with Gasteiger partial charge in [0.25, 0.3) is 0 Å². The van der Waals surface area contributed by atoms with E-state index in [4.69, 9.17) is 0 Å². The standard InChI is InChI=1S/C12H23N3O/c1-13-12(15-7-2-3-8-15)14-9-10-5-4-6-11(10)16/h10-11,16H,2-9H2,1H3,(H,13,14). The zero-order valence-electron chi connectivity index (χ0n) is 10.2. The highest BCUT2D eigenvalue weighted by atomic mass is 16.3. The highest BCUT2D eigenvalue weighted by Crippen LogP contribution is 2.24. The summed E-state index contributed by atoms with van der Waals surface area (Å²) < 4.78 is 0. The number of hydrogen-bond acceptors (Lipinski definition) is 2. The third-order valence-corrected chi connectivity index (χ3v) is 3.76. The van der Waals surface area contributed by atoms with Gasteiger partial charge in [-0.25, -0.2) is 0 Å². The summed E-state index contributed by atoms with van der Waals surface area (Å²) in [5, 5.41) is 13.1. The monoisotopic (exact) mass is 225 g/mol. The van der Waals surface area contributed by atoms with E-state index in [9.17, 15) is 5.11 Å². The lowest BCUT2D eigenvalue weighted by Gasteiger charge is -2.23. The van der Waals surface area contributed by atoms with Crippen molar-refractivity contribution < 1.29 is 5.11 Å². The predicted molar refractivity (Wildman–Crippen MR) is 65.5 cm³/mol. The molecule has 0 spiro atoms. The molecule has 0 aromatic heterocycles. The van der Waals surface area contributed by atoms with Crippen LogP contribution in [-0.2, 0) is 0 Å². The van der Waals surface area contributed by atoms with Crippen molar-refractivity contribution in [2.45, 2.75) is 38.2 Å². The van der Waals surface area contributed by atoms with Crippen LogP contribution in [0.4, 0.5) is 0 Å². The molecule has 1 aliphatic carbocycles. The molecule has 92 valence electrons. The van der Waals surface area contributed by atoms with Gasteiger partial charge in [-0.3, -0.25) is 4.99 Å². The summed E-state index contributed by atoms with van der Waals surface area (Å²) in [5.74, 6) is 1.43. The summed E-state index contributed by atoms with van der Waals surface area (Å²) in [6, 6.07) is 0. The van der Waals surface area contributed by atoms with Gasteiger partial charge in [-0.05, 0) is 25.7 Å². The largest absolute Gasteiger partial charge is 0.393 e. The van der Waals surface area contributed by atoms with Gasteiger partial charge in [0.15, 0.2) is 5.96 Å². The van der Waals surface area contributed by atoms with Crippen molar-refractivity contribution in [2.75, 3.05) is 26.7 Å². The quantitative estimate of drug-likeness (QED) is 0.540. The second kappa shape index (κ2) is 5.53. The maximum atomic E-state index is 9.75. The van der Waals surface area contributed by atoms with Gasteiger partial charge in [-0.2, -0.15) is 0 Å². The third-order valence-electron chi connectivity index (χ3n) is 3.76. The minimum atomic E-state index is -0.107. The number of rotatable bonds is 2. The Morgan fingerprint density at radius 2 is 2.06 bits per heavy atom. The first kappa shape index (κ1) is 11.7. The molecule has 2 N–H and O–H groups in total. The van der Waals surface area contributed by atoms with Crippen molar-refractivity contribution in [1.29, 1.82) is 0 Å². The molecule has 2 atom stereocenters. The number of hydrogen-bond donors (Lipinski definition) is 2. The molecule has 0 aromatic rings. The van der Waals surface area contributed by atoms with E-state index in [2.05, 4.69) is 15.2 Å². The van der Waals surface area contributed by atoms with Gasteiger partial charge in [0, 0.05) is 32.6 Å². The van der Waals surface area contributed by atoms with E-state index < -0.39 is 0 Å². The summed E-state index contributed by atoms with van der Waals surface area (Å²) in [6.07, 6.45) is 5.71. The van der Waals surface area contributed by atoms with E-state index in [0.29, 0.717) is 5.92 Å². The number of aliphatic hydroxyl groups excluding tert-OH is 1. The highest BCUT2D eigenvalue weighted by Gasteiger charge is 2.25. The molecule has 4 heteroatoms. The Hall–Kier alpha value is -0.770. The summed E-state index contributed by atoms with van der Waals surface area (Å²) in [5.41, 5.74) is 0. The van der Waals surface area contributed by atoms with Crippen LogP contribution in [0.15, 0.2) is 4.99 Å². The molecular formula is C12H23N3O. The predicted octanol–water partition coefficient (Wildman–Crippen LogP) is 0.819. The van der Waals surface area contributed by atoms with E-state index in [1.165, 1.54) is 12.8 Å². The van der Waals surface area contributed by atoms with Gasteiger partial charge in [0.1, 0.15) is 0 Å². The second-order valence-corrected chi connectivity index (χ2v) is 4.88. The first-order chi connectivity index (χ1) is 7.81. The van der Waals surface area contributed by atoms with Gasteiger partial charge in [-0.15, -0.1) is 0 Å². The number of guanidine groups is 1. The fourth-order valence-electron chi connectivity index (χ4n) is 2.74. The summed E-state index contributed by atoms with van der Waals surface area (Å²) in [6.45, 7) is 3.10. The van der Waals surface area contributed by atoms with Crippen LogP contribution in [0, 0.1) is 5.92 Å². The Bertz CT molecular complexity index is 249. The third kappa shape index (κ3) is 2.67. The zero-order valence-corrected chi connectivity index (χ0v) is 10.2. The lowest BCUT2D eigenvalue weighted by atomic mass is 10.1. The van der Waals surface area contributed by atoms with Crippen molar-refractivity contribution in [2.24, 2.45) is 10.9 Å². The molecule has 16 heavy (non-hydrogen) atoms. The first-order valence-electron chi connectivity index (χ1n) is 6.45. The molecule has 0 amide bonds. The van der Waals surface area contributed by atoms with Crippen LogP contribution >= 0.6 is 0 Å². The lowest BCUT2D eigenvalue weighted by molar-refractivity contribution is 0.134. The fraction of sp³-hybridized carbons (Fsp3) is 0.917. The number of aliphatic imine (C=N–C) groups is 1. The number of likely N-dealkylation sites (tertiary alicyclic amines) is 1. The SMILES string of the molecule is CN=C(NCC1CCCC1O)N1CCCC1. The van der Waals surface area contributed by atoms with Gasteiger partial charge >= 0.3 is 0 Å². The van der Waals surface area contributed by atoms with Crippen molar-refractivity contribution in [3.63, 3.8) is 0 Å². The van der Waals surface area contributed by atoms with Gasteiger partial charge in [0.05, 0.1) is 6.10 Å². The van der Waals surface area contributed by atoms with Crippen LogP contribution in [-0.4, -0.2) is 48.8 Å². The maximum absolute atomic E-state index is 9.75. The van der Waals surface area contributed by atoms with Gasteiger partial charge < -0.3 is 15.3 Å². The molecule has 1 saturated heterocycles. The van der Waals surface area contributed by atoms with Crippen LogP contribution < -0.4 is 5.32 Å². The number of aliphatic hydroxyl groups is 1. The average Bonchev–Trinajstić information content (AvgIpc) is 2.92.